The van der Waals surface area contributed by atoms with E-state index in [0.29, 0.717) is 11.8 Å². The highest BCUT2D eigenvalue weighted by molar-refractivity contribution is 6.18. The predicted molar refractivity (Wildman–Crippen MR) is 66.3 cm³/mol. The summed E-state index contributed by atoms with van der Waals surface area (Å²) in [6, 6.07) is 6.23. The molecule has 0 aliphatic carbocycles. The highest BCUT2D eigenvalue weighted by Crippen LogP contribution is 2.28. The van der Waals surface area contributed by atoms with Crippen molar-refractivity contribution in [3.63, 3.8) is 0 Å². The predicted octanol–water partition coefficient (Wildman–Crippen LogP) is 3.47. The molecular weight excluding hydrogens is 210 g/mol. The second kappa shape index (κ2) is 5.86. The van der Waals surface area contributed by atoms with E-state index in [1.165, 1.54) is 5.56 Å². The van der Waals surface area contributed by atoms with Crippen LogP contribution < -0.4 is 10.1 Å². The van der Waals surface area contributed by atoms with Crippen molar-refractivity contribution in [3.05, 3.63) is 23.8 Å². The molecule has 3 heteroatoms. The number of hydrogen-bond donors (Lipinski definition) is 1. The van der Waals surface area contributed by atoms with Crippen LogP contribution in [-0.4, -0.2) is 19.5 Å². The Kier molecular flexibility index (Phi) is 4.76. The lowest BCUT2D eigenvalue weighted by atomic mass is 10.0. The van der Waals surface area contributed by atoms with Gasteiger partial charge >= 0.3 is 0 Å². The molecule has 0 amide bonds. The maximum Gasteiger partial charge on any atom is 0.142 e. The second-order valence-corrected chi connectivity index (χ2v) is 4.11. The fourth-order valence-corrected chi connectivity index (χ4v) is 1.49. The van der Waals surface area contributed by atoms with Crippen LogP contribution in [0.4, 0.5) is 5.69 Å². The molecule has 0 aromatic heterocycles. The van der Waals surface area contributed by atoms with Gasteiger partial charge in [0.15, 0.2) is 0 Å². The number of nitrogens with one attached hydrogen (secondary N) is 1. The van der Waals surface area contributed by atoms with Gasteiger partial charge in [0, 0.05) is 12.4 Å². The summed E-state index contributed by atoms with van der Waals surface area (Å²) in [4.78, 5) is 0. The van der Waals surface area contributed by atoms with E-state index in [-0.39, 0.29) is 0 Å². The fourth-order valence-electron chi connectivity index (χ4n) is 1.39. The Balaban J connectivity index is 2.88. The molecule has 0 unspecified atom stereocenters. The summed E-state index contributed by atoms with van der Waals surface area (Å²) < 4.78 is 5.33. The lowest BCUT2D eigenvalue weighted by Gasteiger charge is -2.13. The number of rotatable bonds is 5. The molecule has 0 saturated heterocycles. The quantitative estimate of drug-likeness (QED) is 0.778. The van der Waals surface area contributed by atoms with Crippen molar-refractivity contribution >= 4 is 17.3 Å². The van der Waals surface area contributed by atoms with E-state index >= 15 is 0 Å². The van der Waals surface area contributed by atoms with E-state index in [4.69, 9.17) is 16.3 Å². The standard InChI is InChI=1S/C12H18ClNO/c1-9(2)10-4-5-11(14-7-6-13)12(8-10)15-3/h4-5,8-9,14H,6-7H2,1-3H3. The summed E-state index contributed by atoms with van der Waals surface area (Å²) in [5, 5.41) is 3.22. The summed E-state index contributed by atoms with van der Waals surface area (Å²) in [6.45, 7) is 5.08. The Morgan fingerprint density at radius 1 is 1.40 bits per heavy atom. The molecule has 0 aliphatic rings. The molecule has 84 valence electrons. The molecule has 1 N–H and O–H groups in total. The first kappa shape index (κ1) is 12.2. The number of hydrogen-bond acceptors (Lipinski definition) is 2. The summed E-state index contributed by atoms with van der Waals surface area (Å²) >= 11 is 5.63. The van der Waals surface area contributed by atoms with Crippen LogP contribution in [0.3, 0.4) is 0 Å². The zero-order chi connectivity index (χ0) is 11.3. The minimum absolute atomic E-state index is 0.515. The minimum Gasteiger partial charge on any atom is -0.495 e. The highest BCUT2D eigenvalue weighted by atomic mass is 35.5. The SMILES string of the molecule is COc1cc(C(C)C)ccc1NCCCl. The molecule has 0 heterocycles. The van der Waals surface area contributed by atoms with Gasteiger partial charge in [-0.1, -0.05) is 19.9 Å². The summed E-state index contributed by atoms with van der Waals surface area (Å²) in [5.74, 6) is 1.99. The number of methoxy groups -OCH3 is 1. The summed E-state index contributed by atoms with van der Waals surface area (Å²) in [6.07, 6.45) is 0. The van der Waals surface area contributed by atoms with Gasteiger partial charge in [0.25, 0.3) is 0 Å². The van der Waals surface area contributed by atoms with Gasteiger partial charge in [0.05, 0.1) is 12.8 Å². The van der Waals surface area contributed by atoms with Crippen LogP contribution >= 0.6 is 11.6 Å². The second-order valence-electron chi connectivity index (χ2n) is 3.73. The maximum atomic E-state index is 5.63. The van der Waals surface area contributed by atoms with E-state index in [1.54, 1.807) is 7.11 Å². The van der Waals surface area contributed by atoms with Crippen LogP contribution in [0.15, 0.2) is 18.2 Å². The Bertz CT molecular complexity index is 312. The average Bonchev–Trinajstić information content (AvgIpc) is 2.25. The van der Waals surface area contributed by atoms with Gasteiger partial charge in [-0.15, -0.1) is 11.6 Å². The first-order chi connectivity index (χ1) is 7.19. The fraction of sp³-hybridized carbons (Fsp3) is 0.500. The normalized spacial score (nSPS) is 10.5. The van der Waals surface area contributed by atoms with Crippen LogP contribution in [0.1, 0.15) is 25.3 Å². The molecule has 0 fully saturated rings. The van der Waals surface area contributed by atoms with Crippen LogP contribution in [0.2, 0.25) is 0 Å². The number of halogens is 1. The monoisotopic (exact) mass is 227 g/mol. The maximum absolute atomic E-state index is 5.63. The Morgan fingerprint density at radius 2 is 2.13 bits per heavy atom. The molecule has 15 heavy (non-hydrogen) atoms. The zero-order valence-corrected chi connectivity index (χ0v) is 10.3. The van der Waals surface area contributed by atoms with Crippen molar-refractivity contribution in [1.82, 2.24) is 0 Å². The van der Waals surface area contributed by atoms with E-state index in [0.717, 1.165) is 18.0 Å². The minimum atomic E-state index is 0.515. The zero-order valence-electron chi connectivity index (χ0n) is 9.51. The van der Waals surface area contributed by atoms with Crippen molar-refractivity contribution in [2.24, 2.45) is 0 Å². The van der Waals surface area contributed by atoms with Gasteiger partial charge in [0.2, 0.25) is 0 Å². The third kappa shape index (κ3) is 3.31. The van der Waals surface area contributed by atoms with Gasteiger partial charge in [-0.25, -0.2) is 0 Å². The number of ether oxygens (including phenoxy) is 1. The molecule has 2 nitrogen and oxygen atoms in total. The molecule has 0 radical (unpaired) electrons. The first-order valence-electron chi connectivity index (χ1n) is 5.16. The number of anilines is 1. The lowest BCUT2D eigenvalue weighted by Crippen LogP contribution is -2.04. The van der Waals surface area contributed by atoms with Crippen molar-refractivity contribution in [3.8, 4) is 5.75 Å². The highest BCUT2D eigenvalue weighted by Gasteiger charge is 2.05. The van der Waals surface area contributed by atoms with E-state index in [9.17, 15) is 0 Å². The molecule has 1 aromatic rings. The topological polar surface area (TPSA) is 21.3 Å². The third-order valence-corrected chi connectivity index (χ3v) is 2.49. The molecule has 0 saturated carbocycles. The van der Waals surface area contributed by atoms with E-state index in [2.05, 4.69) is 31.3 Å². The lowest BCUT2D eigenvalue weighted by molar-refractivity contribution is 0.415. The van der Waals surface area contributed by atoms with Gasteiger partial charge < -0.3 is 10.1 Å². The molecular formula is C12H18ClNO. The largest absolute Gasteiger partial charge is 0.495 e. The molecule has 0 spiro atoms. The molecule has 1 rings (SSSR count). The van der Waals surface area contributed by atoms with Gasteiger partial charge in [-0.05, 0) is 23.6 Å². The van der Waals surface area contributed by atoms with Crippen LogP contribution in [0.25, 0.3) is 0 Å². The Morgan fingerprint density at radius 3 is 2.67 bits per heavy atom. The number of alkyl halides is 1. The summed E-state index contributed by atoms with van der Waals surface area (Å²) in [7, 11) is 1.69. The van der Waals surface area contributed by atoms with Crippen LogP contribution in [0, 0.1) is 0 Å². The molecule has 0 bridgehead atoms. The van der Waals surface area contributed by atoms with Crippen molar-refractivity contribution in [1.29, 1.82) is 0 Å². The van der Waals surface area contributed by atoms with Gasteiger partial charge in [-0.2, -0.15) is 0 Å². The Hall–Kier alpha value is -0.890. The van der Waals surface area contributed by atoms with Crippen molar-refractivity contribution < 1.29 is 4.74 Å². The van der Waals surface area contributed by atoms with Crippen LogP contribution in [-0.2, 0) is 0 Å². The summed E-state index contributed by atoms with van der Waals surface area (Å²) in [5.41, 5.74) is 2.28. The van der Waals surface area contributed by atoms with Gasteiger partial charge in [-0.3, -0.25) is 0 Å². The average molecular weight is 228 g/mol. The van der Waals surface area contributed by atoms with Crippen molar-refractivity contribution in [2.75, 3.05) is 24.9 Å². The number of benzene rings is 1. The Labute approximate surface area is 96.6 Å². The smallest absolute Gasteiger partial charge is 0.142 e. The van der Waals surface area contributed by atoms with Gasteiger partial charge in [0.1, 0.15) is 5.75 Å². The van der Waals surface area contributed by atoms with Crippen molar-refractivity contribution in [2.45, 2.75) is 19.8 Å². The third-order valence-electron chi connectivity index (χ3n) is 2.30. The van der Waals surface area contributed by atoms with E-state index in [1.807, 2.05) is 6.07 Å². The first-order valence-corrected chi connectivity index (χ1v) is 5.70. The van der Waals surface area contributed by atoms with E-state index < -0.39 is 0 Å². The molecule has 1 aromatic carbocycles. The molecule has 0 aliphatic heterocycles. The van der Waals surface area contributed by atoms with Crippen LogP contribution in [0.5, 0.6) is 5.75 Å². The molecule has 0 atom stereocenters.